The molecule has 1 rings (SSSR count). The molecule has 0 bridgehead atoms. The Morgan fingerprint density at radius 1 is 1.50 bits per heavy atom. The summed E-state index contributed by atoms with van der Waals surface area (Å²) in [6.45, 7) is 1.43. The molecule has 54 valence electrons. The van der Waals surface area contributed by atoms with Gasteiger partial charge in [-0.3, -0.25) is 0 Å². The Balaban J connectivity index is 3.07. The molecule has 0 N–H and O–H groups in total. The SMILES string of the molecule is Cc1cc(Cl)ccc1CF. The minimum Gasteiger partial charge on any atom is -0.246 e. The zero-order chi connectivity index (χ0) is 7.56. The Labute approximate surface area is 64.6 Å². The van der Waals surface area contributed by atoms with E-state index in [0.717, 1.165) is 5.56 Å². The molecule has 0 aromatic heterocycles. The van der Waals surface area contributed by atoms with Crippen molar-refractivity contribution in [1.29, 1.82) is 0 Å². The number of rotatable bonds is 1. The quantitative estimate of drug-likeness (QED) is 0.589. The second kappa shape index (κ2) is 3.02. The van der Waals surface area contributed by atoms with Crippen molar-refractivity contribution in [1.82, 2.24) is 0 Å². The van der Waals surface area contributed by atoms with Crippen LogP contribution >= 0.6 is 11.6 Å². The van der Waals surface area contributed by atoms with Gasteiger partial charge in [0.15, 0.2) is 0 Å². The molecule has 0 aliphatic heterocycles. The van der Waals surface area contributed by atoms with Crippen LogP contribution in [0.3, 0.4) is 0 Å². The highest BCUT2D eigenvalue weighted by atomic mass is 35.5. The highest BCUT2D eigenvalue weighted by Crippen LogP contribution is 2.15. The van der Waals surface area contributed by atoms with E-state index in [9.17, 15) is 4.39 Å². The summed E-state index contributed by atoms with van der Waals surface area (Å²) in [6.07, 6.45) is 0. The number of alkyl halides is 1. The fraction of sp³-hybridized carbons (Fsp3) is 0.250. The van der Waals surface area contributed by atoms with E-state index in [2.05, 4.69) is 0 Å². The highest BCUT2D eigenvalue weighted by Gasteiger charge is 1.96. The van der Waals surface area contributed by atoms with Crippen molar-refractivity contribution in [2.45, 2.75) is 13.6 Å². The lowest BCUT2D eigenvalue weighted by atomic mass is 10.1. The first kappa shape index (κ1) is 7.55. The number of aryl methyl sites for hydroxylation is 1. The molecule has 0 aliphatic rings. The summed E-state index contributed by atoms with van der Waals surface area (Å²) in [5, 5.41) is 0.662. The van der Waals surface area contributed by atoms with Crippen molar-refractivity contribution in [3.63, 3.8) is 0 Å². The van der Waals surface area contributed by atoms with E-state index >= 15 is 0 Å². The predicted octanol–water partition coefficient (Wildman–Crippen LogP) is 3.12. The topological polar surface area (TPSA) is 0 Å². The van der Waals surface area contributed by atoms with Crippen molar-refractivity contribution < 1.29 is 4.39 Å². The van der Waals surface area contributed by atoms with Crippen LogP contribution in [0.15, 0.2) is 18.2 Å². The maximum atomic E-state index is 12.1. The second-order valence-electron chi connectivity index (χ2n) is 2.20. The van der Waals surface area contributed by atoms with Crippen molar-refractivity contribution in [3.05, 3.63) is 34.3 Å². The first-order valence-electron chi connectivity index (χ1n) is 3.05. The summed E-state index contributed by atoms with van der Waals surface area (Å²) in [6, 6.07) is 5.16. The molecule has 0 aliphatic carbocycles. The molecular formula is C8H8ClF. The molecule has 0 radical (unpaired) electrons. The fourth-order valence-corrected chi connectivity index (χ4v) is 1.04. The molecule has 10 heavy (non-hydrogen) atoms. The molecule has 0 saturated heterocycles. The zero-order valence-electron chi connectivity index (χ0n) is 5.70. The second-order valence-corrected chi connectivity index (χ2v) is 2.64. The average molecular weight is 159 g/mol. The van der Waals surface area contributed by atoms with Gasteiger partial charge in [0.2, 0.25) is 0 Å². The van der Waals surface area contributed by atoms with Gasteiger partial charge >= 0.3 is 0 Å². The van der Waals surface area contributed by atoms with Crippen LogP contribution in [0.1, 0.15) is 11.1 Å². The Hall–Kier alpha value is -0.560. The lowest BCUT2D eigenvalue weighted by molar-refractivity contribution is 0.483. The van der Waals surface area contributed by atoms with Crippen molar-refractivity contribution >= 4 is 11.6 Å². The van der Waals surface area contributed by atoms with Gasteiger partial charge in [-0.2, -0.15) is 0 Å². The largest absolute Gasteiger partial charge is 0.246 e. The summed E-state index contributed by atoms with van der Waals surface area (Å²) >= 11 is 5.65. The van der Waals surface area contributed by atoms with Gasteiger partial charge in [0.25, 0.3) is 0 Å². The summed E-state index contributed by atoms with van der Waals surface area (Å²) in [5.41, 5.74) is 1.62. The Bertz CT molecular complexity index is 233. The minimum absolute atomic E-state index is 0.414. The third-order valence-corrected chi connectivity index (χ3v) is 1.68. The summed E-state index contributed by atoms with van der Waals surface area (Å²) in [7, 11) is 0. The normalized spacial score (nSPS) is 9.90. The molecule has 0 amide bonds. The van der Waals surface area contributed by atoms with Crippen molar-refractivity contribution in [2.75, 3.05) is 0 Å². The molecule has 0 atom stereocenters. The Morgan fingerprint density at radius 3 is 2.70 bits per heavy atom. The molecule has 1 aromatic rings. The molecular weight excluding hydrogens is 151 g/mol. The molecule has 0 spiro atoms. The van der Waals surface area contributed by atoms with Crippen LogP contribution in [0.2, 0.25) is 5.02 Å². The minimum atomic E-state index is -0.414. The van der Waals surface area contributed by atoms with E-state index in [1.807, 2.05) is 6.92 Å². The van der Waals surface area contributed by atoms with Crippen LogP contribution in [0, 0.1) is 6.92 Å². The fourth-order valence-electron chi connectivity index (χ4n) is 0.809. The molecule has 0 nitrogen and oxygen atoms in total. The van der Waals surface area contributed by atoms with Crippen LogP contribution in [-0.4, -0.2) is 0 Å². The zero-order valence-corrected chi connectivity index (χ0v) is 6.45. The highest BCUT2D eigenvalue weighted by molar-refractivity contribution is 6.30. The van der Waals surface area contributed by atoms with Gasteiger partial charge in [-0.1, -0.05) is 17.7 Å². The van der Waals surface area contributed by atoms with Gasteiger partial charge in [-0.15, -0.1) is 0 Å². The molecule has 0 fully saturated rings. The van der Waals surface area contributed by atoms with Gasteiger partial charge < -0.3 is 0 Å². The lowest BCUT2D eigenvalue weighted by Gasteiger charge is -1.99. The van der Waals surface area contributed by atoms with Gasteiger partial charge in [-0.05, 0) is 30.2 Å². The van der Waals surface area contributed by atoms with Crippen LogP contribution < -0.4 is 0 Å². The number of halogens is 2. The van der Waals surface area contributed by atoms with Gasteiger partial charge in [0.1, 0.15) is 6.67 Å². The third kappa shape index (κ3) is 1.48. The van der Waals surface area contributed by atoms with Crippen molar-refractivity contribution in [2.24, 2.45) is 0 Å². The smallest absolute Gasteiger partial charge is 0.115 e. The summed E-state index contributed by atoms with van der Waals surface area (Å²) in [5.74, 6) is 0. The van der Waals surface area contributed by atoms with E-state index in [4.69, 9.17) is 11.6 Å². The lowest BCUT2D eigenvalue weighted by Crippen LogP contribution is -1.83. The van der Waals surface area contributed by atoms with E-state index in [1.54, 1.807) is 18.2 Å². The number of benzene rings is 1. The van der Waals surface area contributed by atoms with Crippen LogP contribution in [-0.2, 0) is 6.67 Å². The van der Waals surface area contributed by atoms with E-state index in [1.165, 1.54) is 0 Å². The van der Waals surface area contributed by atoms with Crippen LogP contribution in [0.4, 0.5) is 4.39 Å². The molecule has 0 heterocycles. The molecule has 0 unspecified atom stereocenters. The Morgan fingerprint density at radius 2 is 2.20 bits per heavy atom. The van der Waals surface area contributed by atoms with Crippen LogP contribution in [0.25, 0.3) is 0 Å². The molecule has 1 aromatic carbocycles. The third-order valence-electron chi connectivity index (χ3n) is 1.45. The average Bonchev–Trinajstić information content (AvgIpc) is 1.88. The number of hydrogen-bond donors (Lipinski definition) is 0. The molecule has 0 saturated carbocycles. The monoisotopic (exact) mass is 158 g/mol. The van der Waals surface area contributed by atoms with Gasteiger partial charge in [0.05, 0.1) is 0 Å². The molecule has 2 heteroatoms. The Kier molecular flexibility index (Phi) is 2.28. The first-order valence-corrected chi connectivity index (χ1v) is 3.43. The predicted molar refractivity (Wildman–Crippen MR) is 41.0 cm³/mol. The maximum absolute atomic E-state index is 12.1. The first-order chi connectivity index (χ1) is 4.74. The van der Waals surface area contributed by atoms with Gasteiger partial charge in [0, 0.05) is 5.02 Å². The van der Waals surface area contributed by atoms with E-state index < -0.39 is 6.67 Å². The maximum Gasteiger partial charge on any atom is 0.115 e. The summed E-state index contributed by atoms with van der Waals surface area (Å²) < 4.78 is 12.1. The van der Waals surface area contributed by atoms with E-state index in [0.29, 0.717) is 10.6 Å². The summed E-state index contributed by atoms with van der Waals surface area (Å²) in [4.78, 5) is 0. The van der Waals surface area contributed by atoms with Crippen molar-refractivity contribution in [3.8, 4) is 0 Å². The van der Waals surface area contributed by atoms with E-state index in [-0.39, 0.29) is 0 Å². The van der Waals surface area contributed by atoms with Gasteiger partial charge in [-0.25, -0.2) is 4.39 Å². The standard InChI is InChI=1S/C8H8ClF/c1-6-4-8(9)3-2-7(6)5-10/h2-4H,5H2,1H3. The number of hydrogen-bond acceptors (Lipinski definition) is 0. The van der Waals surface area contributed by atoms with Crippen LogP contribution in [0.5, 0.6) is 0 Å².